The number of aryl methyl sites for hydroxylation is 2. The van der Waals surface area contributed by atoms with Gasteiger partial charge in [0.05, 0.1) is 11.1 Å². The summed E-state index contributed by atoms with van der Waals surface area (Å²) >= 11 is 0. The highest BCUT2D eigenvalue weighted by atomic mass is 16.2. The van der Waals surface area contributed by atoms with E-state index in [4.69, 9.17) is 5.73 Å². The molecule has 0 spiro atoms. The number of benzene rings is 2. The number of anilines is 1. The van der Waals surface area contributed by atoms with Crippen molar-refractivity contribution in [3.63, 3.8) is 0 Å². The summed E-state index contributed by atoms with van der Waals surface area (Å²) in [5.74, 6) is -0.371. The lowest BCUT2D eigenvalue weighted by atomic mass is 9.93. The van der Waals surface area contributed by atoms with Gasteiger partial charge in [-0.3, -0.25) is 9.59 Å². The van der Waals surface area contributed by atoms with E-state index in [1.165, 1.54) is 0 Å². The zero-order valence-electron chi connectivity index (χ0n) is 16.7. The summed E-state index contributed by atoms with van der Waals surface area (Å²) in [6.07, 6.45) is 1.88. The van der Waals surface area contributed by atoms with Gasteiger partial charge in [0.25, 0.3) is 5.91 Å². The van der Waals surface area contributed by atoms with Crippen molar-refractivity contribution in [3.8, 4) is 11.1 Å². The second-order valence-corrected chi connectivity index (χ2v) is 8.14. The number of hydrogen-bond donors (Lipinski definition) is 3. The first-order valence-electron chi connectivity index (χ1n) is 9.56. The first-order chi connectivity index (χ1) is 13.2. The van der Waals surface area contributed by atoms with E-state index in [-0.39, 0.29) is 11.3 Å². The molecule has 144 valence electrons. The molecule has 0 radical (unpaired) electrons. The quantitative estimate of drug-likeness (QED) is 0.622. The average Bonchev–Trinajstić information content (AvgIpc) is 3.34. The molecule has 1 fully saturated rings. The smallest absolute Gasteiger partial charge is 0.250 e. The van der Waals surface area contributed by atoms with Crippen LogP contribution in [0.25, 0.3) is 22.0 Å². The Morgan fingerprint density at radius 1 is 1.04 bits per heavy atom. The molecule has 4 N–H and O–H groups in total. The van der Waals surface area contributed by atoms with E-state index in [1.54, 1.807) is 6.07 Å². The summed E-state index contributed by atoms with van der Waals surface area (Å²) < 4.78 is 0. The third kappa shape index (κ3) is 2.78. The van der Waals surface area contributed by atoms with Crippen molar-refractivity contribution in [2.24, 2.45) is 11.1 Å². The minimum Gasteiger partial charge on any atom is -0.366 e. The molecule has 2 amide bonds. The maximum absolute atomic E-state index is 12.5. The van der Waals surface area contributed by atoms with Gasteiger partial charge < -0.3 is 16.0 Å². The van der Waals surface area contributed by atoms with Gasteiger partial charge in [-0.1, -0.05) is 25.1 Å². The van der Waals surface area contributed by atoms with Gasteiger partial charge in [-0.2, -0.15) is 0 Å². The summed E-state index contributed by atoms with van der Waals surface area (Å²) in [6, 6.07) is 9.65. The van der Waals surface area contributed by atoms with Gasteiger partial charge in [0, 0.05) is 22.2 Å². The number of carbonyl (C=O) groups excluding carboxylic acids is 2. The van der Waals surface area contributed by atoms with Gasteiger partial charge in [-0.05, 0) is 68.0 Å². The van der Waals surface area contributed by atoms with Crippen molar-refractivity contribution < 1.29 is 9.59 Å². The summed E-state index contributed by atoms with van der Waals surface area (Å²) in [5.41, 5.74) is 12.6. The number of carbonyl (C=O) groups is 2. The highest BCUT2D eigenvalue weighted by Crippen LogP contribution is 2.46. The molecule has 2 aromatic carbocycles. The molecular weight excluding hydrogens is 350 g/mol. The van der Waals surface area contributed by atoms with Crippen LogP contribution in [-0.4, -0.2) is 16.8 Å². The minimum absolute atomic E-state index is 0.0793. The van der Waals surface area contributed by atoms with Crippen molar-refractivity contribution >= 4 is 28.4 Å². The monoisotopic (exact) mass is 375 g/mol. The molecule has 0 bridgehead atoms. The molecule has 1 aromatic heterocycles. The third-order valence-corrected chi connectivity index (χ3v) is 6.14. The molecule has 0 unspecified atom stereocenters. The Morgan fingerprint density at radius 3 is 2.39 bits per heavy atom. The van der Waals surface area contributed by atoms with Crippen LogP contribution in [0.1, 0.15) is 46.9 Å². The number of nitrogens with two attached hydrogens (primary N) is 1. The zero-order chi connectivity index (χ0) is 20.2. The summed E-state index contributed by atoms with van der Waals surface area (Å²) in [7, 11) is 0. The van der Waals surface area contributed by atoms with E-state index in [9.17, 15) is 9.59 Å². The molecule has 0 atom stereocenters. The molecule has 5 heteroatoms. The Balaban J connectivity index is 1.87. The third-order valence-electron chi connectivity index (χ3n) is 6.14. The van der Waals surface area contributed by atoms with Gasteiger partial charge in [-0.25, -0.2) is 0 Å². The van der Waals surface area contributed by atoms with Crippen LogP contribution >= 0.6 is 0 Å². The second-order valence-electron chi connectivity index (χ2n) is 8.14. The number of H-pyrrole nitrogens is 1. The lowest BCUT2D eigenvalue weighted by Crippen LogP contribution is -2.21. The van der Waals surface area contributed by atoms with Gasteiger partial charge in [0.2, 0.25) is 5.91 Å². The van der Waals surface area contributed by atoms with Crippen LogP contribution in [0.5, 0.6) is 0 Å². The molecule has 4 rings (SSSR count). The number of rotatable bonds is 4. The van der Waals surface area contributed by atoms with Crippen molar-refractivity contribution in [1.82, 2.24) is 4.98 Å². The first-order valence-corrected chi connectivity index (χ1v) is 9.56. The molecule has 5 nitrogen and oxygen atoms in total. The van der Waals surface area contributed by atoms with Crippen LogP contribution in [0.3, 0.4) is 0 Å². The zero-order valence-corrected chi connectivity index (χ0v) is 16.7. The SMILES string of the molecule is Cc1[nH]c2c(C(N)=O)ccc(-c3cccc(NC(=O)C4(C)CC4)c3C)c2c1C. The fraction of sp³-hybridized carbons (Fsp3) is 0.304. The standard InChI is InChI=1S/C23H25N3O2/c1-12-14(3)25-20-17(21(24)27)9-8-16(19(12)20)15-6-5-7-18(13(15)2)26-22(28)23(4)10-11-23/h5-9,25H,10-11H2,1-4H3,(H2,24,27)(H,26,28). The number of fused-ring (bicyclic) bond motifs is 1. The molecule has 1 aliphatic carbocycles. The Bertz CT molecular complexity index is 1140. The molecule has 1 heterocycles. The minimum atomic E-state index is -0.451. The number of amides is 2. The molecule has 0 aliphatic heterocycles. The largest absolute Gasteiger partial charge is 0.366 e. The molecule has 3 aromatic rings. The van der Waals surface area contributed by atoms with E-state index in [0.717, 1.165) is 57.4 Å². The van der Waals surface area contributed by atoms with Gasteiger partial charge in [0.15, 0.2) is 0 Å². The molecule has 1 aliphatic rings. The van der Waals surface area contributed by atoms with Crippen LogP contribution in [0.4, 0.5) is 5.69 Å². The highest BCUT2D eigenvalue weighted by Gasteiger charge is 2.44. The van der Waals surface area contributed by atoms with Crippen molar-refractivity contribution in [3.05, 3.63) is 52.7 Å². The van der Waals surface area contributed by atoms with E-state index < -0.39 is 5.91 Å². The number of nitrogens with one attached hydrogen (secondary N) is 2. The molecule has 0 saturated heterocycles. The number of hydrogen-bond acceptors (Lipinski definition) is 2. The Labute approximate surface area is 164 Å². The van der Waals surface area contributed by atoms with E-state index in [0.29, 0.717) is 5.56 Å². The van der Waals surface area contributed by atoms with Crippen LogP contribution in [0.2, 0.25) is 0 Å². The van der Waals surface area contributed by atoms with E-state index >= 15 is 0 Å². The summed E-state index contributed by atoms with van der Waals surface area (Å²) in [4.78, 5) is 27.7. The summed E-state index contributed by atoms with van der Waals surface area (Å²) in [5, 5.41) is 4.09. The Morgan fingerprint density at radius 2 is 1.75 bits per heavy atom. The summed E-state index contributed by atoms with van der Waals surface area (Å²) in [6.45, 7) is 8.05. The maximum Gasteiger partial charge on any atom is 0.250 e. The molecule has 28 heavy (non-hydrogen) atoms. The fourth-order valence-corrected chi connectivity index (χ4v) is 3.77. The topological polar surface area (TPSA) is 88.0 Å². The van der Waals surface area contributed by atoms with Crippen molar-refractivity contribution in [1.29, 1.82) is 0 Å². The van der Waals surface area contributed by atoms with E-state index in [1.807, 2.05) is 52.0 Å². The van der Waals surface area contributed by atoms with Crippen molar-refractivity contribution in [2.75, 3.05) is 5.32 Å². The predicted molar refractivity (Wildman–Crippen MR) is 112 cm³/mol. The lowest BCUT2D eigenvalue weighted by Gasteiger charge is -2.16. The first kappa shape index (κ1) is 18.3. The molecule has 1 saturated carbocycles. The normalized spacial score (nSPS) is 14.9. The predicted octanol–water partition coefficient (Wildman–Crippen LogP) is 4.60. The van der Waals surface area contributed by atoms with E-state index in [2.05, 4.69) is 10.3 Å². The number of aromatic nitrogens is 1. The van der Waals surface area contributed by atoms with Crippen LogP contribution in [0.15, 0.2) is 30.3 Å². The van der Waals surface area contributed by atoms with Crippen LogP contribution < -0.4 is 11.1 Å². The maximum atomic E-state index is 12.5. The highest BCUT2D eigenvalue weighted by molar-refractivity contribution is 6.11. The lowest BCUT2D eigenvalue weighted by molar-refractivity contribution is -0.120. The number of primary amides is 1. The Hall–Kier alpha value is -3.08. The van der Waals surface area contributed by atoms with Gasteiger partial charge in [-0.15, -0.1) is 0 Å². The fourth-order valence-electron chi connectivity index (χ4n) is 3.77. The van der Waals surface area contributed by atoms with Gasteiger partial charge >= 0.3 is 0 Å². The number of aromatic amines is 1. The van der Waals surface area contributed by atoms with Crippen LogP contribution in [-0.2, 0) is 4.79 Å². The average molecular weight is 375 g/mol. The molecular formula is C23H25N3O2. The van der Waals surface area contributed by atoms with Crippen LogP contribution in [0, 0.1) is 26.2 Å². The van der Waals surface area contributed by atoms with Crippen molar-refractivity contribution in [2.45, 2.75) is 40.5 Å². The van der Waals surface area contributed by atoms with Gasteiger partial charge in [0.1, 0.15) is 0 Å². The second kappa shape index (κ2) is 6.23. The Kier molecular flexibility index (Phi) is 4.07.